The highest BCUT2D eigenvalue weighted by molar-refractivity contribution is 6.53. The Kier molecular flexibility index (Phi) is 17.9. The third-order valence-corrected chi connectivity index (χ3v) is 4.77. The van der Waals surface area contributed by atoms with Crippen LogP contribution in [0, 0.1) is 0 Å². The van der Waals surface area contributed by atoms with Crippen LogP contribution < -0.4 is 0 Å². The zero-order valence-electron chi connectivity index (χ0n) is 16.7. The maximum Gasteiger partial charge on any atom is 0.255 e. The molecule has 0 fully saturated rings. The third kappa shape index (κ3) is 13.3. The van der Waals surface area contributed by atoms with Gasteiger partial charge < -0.3 is 19.3 Å². The summed E-state index contributed by atoms with van der Waals surface area (Å²) in [6, 6.07) is 0. The minimum atomic E-state index is -1.06. The summed E-state index contributed by atoms with van der Waals surface area (Å²) in [4.78, 5) is 25.2. The number of amides is 2. The minimum absolute atomic E-state index is 0.300. The van der Waals surface area contributed by atoms with Gasteiger partial charge in [-0.3, -0.25) is 9.59 Å². The molecule has 10 heteroatoms. The molecule has 0 aromatic rings. The van der Waals surface area contributed by atoms with Crippen molar-refractivity contribution >= 4 is 58.2 Å². The molecule has 166 valence electrons. The van der Waals surface area contributed by atoms with Crippen LogP contribution in [0.4, 0.5) is 0 Å². The molecule has 28 heavy (non-hydrogen) atoms. The van der Waals surface area contributed by atoms with E-state index in [1.54, 1.807) is 9.80 Å². The van der Waals surface area contributed by atoms with Crippen LogP contribution in [0.15, 0.2) is 0 Å². The molecule has 0 bridgehead atoms. The molecule has 0 radical (unpaired) electrons. The van der Waals surface area contributed by atoms with Gasteiger partial charge in [0.1, 0.15) is 0 Å². The van der Waals surface area contributed by atoms with Gasteiger partial charge >= 0.3 is 0 Å². The third-order valence-electron chi connectivity index (χ3n) is 4.02. The van der Waals surface area contributed by atoms with Crippen LogP contribution in [-0.4, -0.2) is 83.9 Å². The van der Waals surface area contributed by atoms with Crippen LogP contribution in [0.5, 0.6) is 0 Å². The summed E-state index contributed by atoms with van der Waals surface area (Å²) >= 11 is 22.8. The topological polar surface area (TPSA) is 59.1 Å². The first-order valence-corrected chi connectivity index (χ1v) is 11.4. The number of ether oxygens (including phenoxy) is 2. The van der Waals surface area contributed by atoms with E-state index in [4.69, 9.17) is 55.9 Å². The lowest BCUT2D eigenvalue weighted by molar-refractivity contribution is -0.131. The summed E-state index contributed by atoms with van der Waals surface area (Å²) in [7, 11) is 0. The first-order valence-electron chi connectivity index (χ1n) is 9.64. The molecule has 0 saturated carbocycles. The van der Waals surface area contributed by atoms with Gasteiger partial charge in [0.25, 0.3) is 11.8 Å². The highest BCUT2D eigenvalue weighted by Gasteiger charge is 2.21. The van der Waals surface area contributed by atoms with E-state index in [1.165, 1.54) is 0 Å². The van der Waals surface area contributed by atoms with E-state index < -0.39 is 9.67 Å². The number of unbranched alkanes of at least 4 members (excludes halogenated alkanes) is 3. The zero-order chi connectivity index (χ0) is 21.4. The van der Waals surface area contributed by atoms with Crippen LogP contribution >= 0.6 is 46.4 Å². The Balaban J connectivity index is 4.22. The van der Waals surface area contributed by atoms with Crippen molar-refractivity contribution < 1.29 is 19.1 Å². The lowest BCUT2D eigenvalue weighted by Gasteiger charge is -2.24. The number of hydrogen-bond donors (Lipinski definition) is 0. The van der Waals surface area contributed by atoms with Crippen molar-refractivity contribution in [2.75, 3.05) is 52.6 Å². The fraction of sp³-hybridized carbons (Fsp3) is 0.889. The van der Waals surface area contributed by atoms with Crippen LogP contribution in [0.1, 0.15) is 39.5 Å². The van der Waals surface area contributed by atoms with Crippen molar-refractivity contribution in [2.45, 2.75) is 49.2 Å². The lowest BCUT2D eigenvalue weighted by atomic mass is 10.1. The second kappa shape index (κ2) is 17.8. The van der Waals surface area contributed by atoms with Crippen molar-refractivity contribution in [1.29, 1.82) is 0 Å². The number of hydrogen-bond acceptors (Lipinski definition) is 4. The predicted octanol–water partition coefficient (Wildman–Crippen LogP) is 3.88. The summed E-state index contributed by atoms with van der Waals surface area (Å²) in [5.74, 6) is -0.600. The van der Waals surface area contributed by atoms with Gasteiger partial charge in [-0.15, -0.1) is 0 Å². The standard InChI is InChI=1S/C18H32Cl4N2O4/c1-3-27-13-11-23(17(25)15(19)20)9-7-5-6-8-10-24(12-14-28-4-2)18(26)16(21)22/h15-16H,3-14H2,1-2H3. The first kappa shape index (κ1) is 28.0. The Morgan fingerprint density at radius 2 is 1.04 bits per heavy atom. The van der Waals surface area contributed by atoms with E-state index in [0.29, 0.717) is 52.6 Å². The molecule has 0 aliphatic rings. The van der Waals surface area contributed by atoms with Crippen LogP contribution in [0.3, 0.4) is 0 Å². The molecule has 0 spiro atoms. The van der Waals surface area contributed by atoms with E-state index in [2.05, 4.69) is 0 Å². The SMILES string of the molecule is CCOCCN(CCCCCCN(CCOCC)C(=O)C(Cl)Cl)C(=O)C(Cl)Cl. The normalized spacial score (nSPS) is 11.3. The number of rotatable bonds is 17. The molecule has 0 heterocycles. The number of carbonyl (C=O) groups excluding carboxylic acids is 2. The lowest BCUT2D eigenvalue weighted by Crippen LogP contribution is -2.38. The van der Waals surface area contributed by atoms with Crippen LogP contribution in [0.25, 0.3) is 0 Å². The molecule has 0 aromatic heterocycles. The van der Waals surface area contributed by atoms with Gasteiger partial charge in [0.2, 0.25) is 0 Å². The minimum Gasteiger partial charge on any atom is -0.380 e. The summed E-state index contributed by atoms with van der Waals surface area (Å²) in [5, 5.41) is 0. The summed E-state index contributed by atoms with van der Waals surface area (Å²) in [6.07, 6.45) is 3.45. The van der Waals surface area contributed by atoms with E-state index >= 15 is 0 Å². The monoisotopic (exact) mass is 480 g/mol. The summed E-state index contributed by atoms with van der Waals surface area (Å²) in [6.45, 7) is 7.98. The Morgan fingerprint density at radius 1 is 0.679 bits per heavy atom. The maximum absolute atomic E-state index is 12.0. The Bertz CT molecular complexity index is 390. The molecule has 0 N–H and O–H groups in total. The Labute approximate surface area is 188 Å². The van der Waals surface area contributed by atoms with E-state index in [9.17, 15) is 9.59 Å². The van der Waals surface area contributed by atoms with Gasteiger partial charge in [0, 0.05) is 39.4 Å². The quantitative estimate of drug-likeness (QED) is 0.233. The molecule has 0 atom stereocenters. The summed E-state index contributed by atoms with van der Waals surface area (Å²) < 4.78 is 10.6. The predicted molar refractivity (Wildman–Crippen MR) is 116 cm³/mol. The van der Waals surface area contributed by atoms with Crippen molar-refractivity contribution in [3.63, 3.8) is 0 Å². The smallest absolute Gasteiger partial charge is 0.255 e. The molecule has 0 aliphatic carbocycles. The van der Waals surface area contributed by atoms with Crippen molar-refractivity contribution in [1.82, 2.24) is 9.80 Å². The van der Waals surface area contributed by atoms with Gasteiger partial charge in [-0.2, -0.15) is 0 Å². The number of halogens is 4. The van der Waals surface area contributed by atoms with Gasteiger partial charge in [-0.25, -0.2) is 0 Å². The van der Waals surface area contributed by atoms with Crippen LogP contribution in [-0.2, 0) is 19.1 Å². The van der Waals surface area contributed by atoms with Gasteiger partial charge in [-0.1, -0.05) is 59.2 Å². The number of carbonyl (C=O) groups is 2. The highest BCUT2D eigenvalue weighted by atomic mass is 35.5. The molecule has 0 saturated heterocycles. The van der Waals surface area contributed by atoms with Gasteiger partial charge in [0.05, 0.1) is 13.2 Å². The fourth-order valence-electron chi connectivity index (χ4n) is 2.54. The van der Waals surface area contributed by atoms with Crippen LogP contribution in [0.2, 0.25) is 0 Å². The molecule has 2 amide bonds. The molecule has 0 aliphatic heterocycles. The van der Waals surface area contributed by atoms with E-state index in [-0.39, 0.29) is 11.8 Å². The molecule has 0 unspecified atom stereocenters. The highest BCUT2D eigenvalue weighted by Crippen LogP contribution is 2.11. The number of nitrogens with zero attached hydrogens (tertiary/aromatic N) is 2. The van der Waals surface area contributed by atoms with E-state index in [1.807, 2.05) is 13.8 Å². The summed E-state index contributed by atoms with van der Waals surface area (Å²) in [5.41, 5.74) is 0. The molecule has 0 rings (SSSR count). The Hall–Kier alpha value is 0.0200. The average Bonchev–Trinajstić information content (AvgIpc) is 2.66. The molecule has 0 aromatic carbocycles. The van der Waals surface area contributed by atoms with Crippen molar-refractivity contribution in [3.8, 4) is 0 Å². The largest absolute Gasteiger partial charge is 0.380 e. The number of alkyl halides is 4. The van der Waals surface area contributed by atoms with Crippen molar-refractivity contribution in [3.05, 3.63) is 0 Å². The van der Waals surface area contributed by atoms with E-state index in [0.717, 1.165) is 25.7 Å². The first-order chi connectivity index (χ1) is 13.3. The molecular weight excluding hydrogens is 450 g/mol. The maximum atomic E-state index is 12.0. The second-order valence-corrected chi connectivity index (χ2v) is 8.25. The van der Waals surface area contributed by atoms with Gasteiger partial charge in [0.15, 0.2) is 9.67 Å². The second-order valence-electron chi connectivity index (χ2n) is 6.06. The average molecular weight is 482 g/mol. The fourth-order valence-corrected chi connectivity index (χ4v) is 3.09. The Morgan fingerprint density at radius 3 is 1.32 bits per heavy atom. The van der Waals surface area contributed by atoms with Crippen molar-refractivity contribution in [2.24, 2.45) is 0 Å². The van der Waals surface area contributed by atoms with Gasteiger partial charge in [-0.05, 0) is 26.7 Å². The molecular formula is C18H32Cl4N2O4. The zero-order valence-corrected chi connectivity index (χ0v) is 19.7. The molecule has 6 nitrogen and oxygen atoms in total.